The van der Waals surface area contributed by atoms with Crippen LogP contribution in [0.15, 0.2) is 376 Å². The second kappa shape index (κ2) is 30.4. The van der Waals surface area contributed by atoms with Crippen LogP contribution in [0.5, 0.6) is 0 Å². The van der Waals surface area contributed by atoms with Crippen LogP contribution >= 0.6 is 0 Å². The molecular weight excluding hydrogens is 1420 g/mol. The zero-order valence-corrected chi connectivity index (χ0v) is 63.6. The third-order valence-corrected chi connectivity index (χ3v) is 21.6. The first-order valence-electron chi connectivity index (χ1n) is 39.2. The number of nitrogens with zero attached hydrogens (tertiary/aromatic N) is 12. The van der Waals surface area contributed by atoms with E-state index in [1.807, 2.05) is 127 Å². The number of benzene rings is 13. The summed E-state index contributed by atoms with van der Waals surface area (Å²) in [5, 5.41) is 6.60. The molecular formula is C104H72N12. The Morgan fingerprint density at radius 2 is 0.500 bits per heavy atom. The molecule has 13 aromatic carbocycles. The highest BCUT2D eigenvalue weighted by Gasteiger charge is 2.24. The first kappa shape index (κ1) is 69.8. The van der Waals surface area contributed by atoms with E-state index in [0.717, 1.165) is 197 Å². The number of aryl methyl sites for hydroxylation is 2. The largest absolute Gasteiger partial charge is 0.296 e. The summed E-state index contributed by atoms with van der Waals surface area (Å²) in [5.41, 5.74) is 26.8. The van der Waals surface area contributed by atoms with Gasteiger partial charge in [-0.15, -0.1) is 0 Å². The molecule has 21 rings (SSSR count). The number of fused-ring (bicyclic) bond motifs is 10. The maximum atomic E-state index is 5.32. The van der Waals surface area contributed by atoms with Crippen LogP contribution in [-0.2, 0) is 12.8 Å². The lowest BCUT2D eigenvalue weighted by atomic mass is 9.97. The number of aromatic nitrogens is 12. The molecule has 0 spiro atoms. The summed E-state index contributed by atoms with van der Waals surface area (Å²) in [7, 11) is 0. The molecule has 548 valence electrons. The summed E-state index contributed by atoms with van der Waals surface area (Å²) in [4.78, 5) is 51.7. The molecule has 0 unspecified atom stereocenters. The summed E-state index contributed by atoms with van der Waals surface area (Å²) in [6, 6.07) is 130. The van der Waals surface area contributed by atoms with Crippen LogP contribution in [-0.4, -0.2) is 59.0 Å². The predicted molar refractivity (Wildman–Crippen MR) is 473 cm³/mol. The Morgan fingerprint density at radius 1 is 0.207 bits per heavy atom. The molecule has 0 bridgehead atoms. The van der Waals surface area contributed by atoms with Crippen LogP contribution < -0.4 is 0 Å². The topological polar surface area (TPSA) is 139 Å². The Labute approximate surface area is 670 Å². The van der Waals surface area contributed by atoms with Gasteiger partial charge in [0.2, 0.25) is 0 Å². The molecule has 0 amide bonds. The van der Waals surface area contributed by atoms with E-state index in [-0.39, 0.29) is 0 Å². The Hall–Kier alpha value is -15.4. The first-order chi connectivity index (χ1) is 57.4. The van der Waals surface area contributed by atoms with E-state index in [0.29, 0.717) is 23.0 Å². The highest BCUT2D eigenvalue weighted by atomic mass is 15.1. The lowest BCUT2D eigenvalue weighted by Crippen LogP contribution is -1.99. The van der Waals surface area contributed by atoms with Crippen molar-refractivity contribution < 1.29 is 0 Å². The van der Waals surface area contributed by atoms with Gasteiger partial charge in [0.1, 0.15) is 23.0 Å². The van der Waals surface area contributed by atoms with Gasteiger partial charge in [0, 0.05) is 90.3 Å². The van der Waals surface area contributed by atoms with E-state index < -0.39 is 0 Å². The quantitative estimate of drug-likeness (QED) is 0.0912. The Balaban J connectivity index is 0.000000150. The van der Waals surface area contributed by atoms with E-state index in [1.54, 1.807) is 0 Å². The monoisotopic (exact) mass is 1490 g/mol. The van der Waals surface area contributed by atoms with Gasteiger partial charge in [-0.25, -0.2) is 49.8 Å². The standard InChI is InChI=1S/C55H38N6.C49H34N6/c1-2-51-60-54-50(61(51)42-19-10-5-11-20-42)34-33-44-43-21-12-13-22-46(43)57-53(52(44)54)41-31-29-39(30-32-41)45-23-14-24-47(56-45)55-58-48(38-17-8-4-9-18-38)35-49(59-55)40-27-25-37(26-28-40)36-15-6-3-7-16-36;1-2-45-54-48-44(55(45)36-19-10-5-11-20-36)30-29-38-37-21-12-13-22-40(37)51-47(46(38)48)35-27-25-34(26-28-35)39-23-14-24-41(50-39)49-52-42(32-15-6-3-7-16-32)31-43(53-49)33-17-8-4-9-18-33/h3-35H,2H2,1H3;3-31H,2H2,1H3. The molecule has 0 aliphatic rings. The molecule has 21 aromatic rings. The fraction of sp³-hybridized carbons (Fsp3) is 0.0385. The zero-order valence-electron chi connectivity index (χ0n) is 63.6. The van der Waals surface area contributed by atoms with Crippen molar-refractivity contribution in [2.75, 3.05) is 0 Å². The maximum absolute atomic E-state index is 5.32. The van der Waals surface area contributed by atoms with Crippen LogP contribution in [0, 0.1) is 0 Å². The van der Waals surface area contributed by atoms with Crippen molar-refractivity contribution >= 4 is 65.4 Å². The fourth-order valence-corrected chi connectivity index (χ4v) is 15.9. The number of imidazole rings is 2. The van der Waals surface area contributed by atoms with Gasteiger partial charge in [-0.3, -0.25) is 9.13 Å². The normalized spacial score (nSPS) is 11.4. The molecule has 0 saturated heterocycles. The fourth-order valence-electron chi connectivity index (χ4n) is 15.9. The third kappa shape index (κ3) is 13.2. The van der Waals surface area contributed by atoms with E-state index in [9.17, 15) is 0 Å². The van der Waals surface area contributed by atoms with Crippen molar-refractivity contribution in [2.45, 2.75) is 26.7 Å². The van der Waals surface area contributed by atoms with Crippen LogP contribution in [0.3, 0.4) is 0 Å². The van der Waals surface area contributed by atoms with Gasteiger partial charge in [0.05, 0.1) is 78.7 Å². The molecule has 116 heavy (non-hydrogen) atoms. The average Bonchev–Trinajstić information content (AvgIpc) is 1.57. The second-order valence-electron chi connectivity index (χ2n) is 28.7. The van der Waals surface area contributed by atoms with E-state index in [4.69, 9.17) is 49.8 Å². The van der Waals surface area contributed by atoms with Crippen molar-refractivity contribution in [3.8, 4) is 136 Å². The first-order valence-corrected chi connectivity index (χ1v) is 39.2. The molecule has 0 aliphatic heterocycles. The van der Waals surface area contributed by atoms with Gasteiger partial charge >= 0.3 is 0 Å². The maximum Gasteiger partial charge on any atom is 0.179 e. The Kier molecular flexibility index (Phi) is 18.3. The summed E-state index contributed by atoms with van der Waals surface area (Å²) >= 11 is 0. The molecule has 0 fully saturated rings. The summed E-state index contributed by atoms with van der Waals surface area (Å²) in [5.74, 6) is 3.18. The van der Waals surface area contributed by atoms with Crippen molar-refractivity contribution in [2.24, 2.45) is 0 Å². The second-order valence-corrected chi connectivity index (χ2v) is 28.7. The molecule has 0 saturated carbocycles. The summed E-state index contributed by atoms with van der Waals surface area (Å²) < 4.78 is 4.55. The highest BCUT2D eigenvalue weighted by Crippen LogP contribution is 2.43. The molecule has 0 aliphatic carbocycles. The van der Waals surface area contributed by atoms with Crippen molar-refractivity contribution in [3.05, 3.63) is 388 Å². The lowest BCUT2D eigenvalue weighted by molar-refractivity contribution is 0.908. The zero-order chi connectivity index (χ0) is 77.4. The van der Waals surface area contributed by atoms with Gasteiger partial charge < -0.3 is 0 Å². The van der Waals surface area contributed by atoms with Crippen LogP contribution in [0.25, 0.3) is 201 Å². The number of pyridine rings is 4. The number of para-hydroxylation sites is 4. The lowest BCUT2D eigenvalue weighted by Gasteiger charge is -2.13. The minimum absolute atomic E-state index is 0.569. The molecule has 0 atom stereocenters. The van der Waals surface area contributed by atoms with Gasteiger partial charge in [-0.05, 0) is 107 Å². The SMILES string of the molecule is CCc1nc2c3c(-c4ccc(-c5cccc(-c6nc(-c7ccccc7)cc(-c7ccc(-c8ccccc8)cc7)n6)n5)cc4)nc4ccccc4c3ccc2n1-c1ccccc1.CCc1nc2c3c(-c4ccc(-c5cccc(-c6nc(-c7ccccc7)cc(-c7ccccc7)n6)n5)cc4)nc4ccccc4c3ccc2n1-c1ccccc1. The molecule has 12 nitrogen and oxygen atoms in total. The predicted octanol–water partition coefficient (Wildman–Crippen LogP) is 25.3. The number of hydrogen-bond donors (Lipinski definition) is 0. The molecule has 0 radical (unpaired) electrons. The third-order valence-electron chi connectivity index (χ3n) is 21.6. The Bertz CT molecular complexity index is 7170. The van der Waals surface area contributed by atoms with E-state index >= 15 is 0 Å². The Morgan fingerprint density at radius 3 is 0.871 bits per heavy atom. The number of hydrogen-bond acceptors (Lipinski definition) is 10. The molecule has 8 aromatic heterocycles. The average molecular weight is 1490 g/mol. The van der Waals surface area contributed by atoms with Gasteiger partial charge in [-0.2, -0.15) is 0 Å². The van der Waals surface area contributed by atoms with Crippen LogP contribution in [0.1, 0.15) is 25.5 Å². The van der Waals surface area contributed by atoms with Gasteiger partial charge in [0.15, 0.2) is 11.6 Å². The van der Waals surface area contributed by atoms with E-state index in [1.165, 1.54) is 5.56 Å². The minimum atomic E-state index is 0.569. The smallest absolute Gasteiger partial charge is 0.179 e. The van der Waals surface area contributed by atoms with Crippen LogP contribution in [0.2, 0.25) is 0 Å². The molecule has 12 heteroatoms. The molecule has 0 N–H and O–H groups in total. The van der Waals surface area contributed by atoms with E-state index in [2.05, 4.69) is 272 Å². The van der Waals surface area contributed by atoms with Gasteiger partial charge in [0.25, 0.3) is 0 Å². The minimum Gasteiger partial charge on any atom is -0.296 e. The van der Waals surface area contributed by atoms with Crippen molar-refractivity contribution in [3.63, 3.8) is 0 Å². The number of rotatable bonds is 15. The summed E-state index contributed by atoms with van der Waals surface area (Å²) in [6.07, 6.45) is 1.60. The van der Waals surface area contributed by atoms with Crippen molar-refractivity contribution in [1.82, 2.24) is 59.0 Å². The highest BCUT2D eigenvalue weighted by molar-refractivity contribution is 6.21. The summed E-state index contributed by atoms with van der Waals surface area (Å²) in [6.45, 7) is 4.32. The molecule has 8 heterocycles. The van der Waals surface area contributed by atoms with Gasteiger partial charge in [-0.1, -0.05) is 305 Å². The van der Waals surface area contributed by atoms with Crippen molar-refractivity contribution in [1.29, 1.82) is 0 Å². The van der Waals surface area contributed by atoms with Crippen LogP contribution in [0.4, 0.5) is 0 Å².